The van der Waals surface area contributed by atoms with Crippen molar-refractivity contribution in [1.29, 1.82) is 0 Å². The van der Waals surface area contributed by atoms with E-state index in [-0.39, 0.29) is 17.0 Å². The van der Waals surface area contributed by atoms with E-state index in [2.05, 4.69) is 21.2 Å². The van der Waals surface area contributed by atoms with Gasteiger partial charge in [0.05, 0.1) is 5.57 Å². The maximum Gasteiger partial charge on any atom is 0.256 e. The molecule has 0 radical (unpaired) electrons. The molecule has 1 N–H and O–H groups in total. The molecule has 0 atom stereocenters. The molecule has 2 aromatic rings. The second-order valence-corrected chi connectivity index (χ2v) is 5.60. The van der Waals surface area contributed by atoms with Crippen molar-refractivity contribution in [3.63, 3.8) is 0 Å². The van der Waals surface area contributed by atoms with Crippen molar-refractivity contribution in [2.45, 2.75) is 6.92 Å². The number of nitrogens with one attached hydrogen (secondary N) is 1. The molecule has 0 aliphatic carbocycles. The molecule has 0 bridgehead atoms. The summed E-state index contributed by atoms with van der Waals surface area (Å²) in [6, 6.07) is 7.19. The van der Waals surface area contributed by atoms with Crippen LogP contribution in [0.5, 0.6) is 0 Å². The Morgan fingerprint density at radius 1 is 1.14 bits per heavy atom. The van der Waals surface area contributed by atoms with Gasteiger partial charge in [0.1, 0.15) is 11.6 Å². The standard InChI is InChI=1S/C16H10BrF2NO/c1-8-11(17)5-6-14-15(8)10(16(21)20-14)7-9-12(18)3-2-4-13(9)19/h2-7H,1H3,(H,20,21). The summed E-state index contributed by atoms with van der Waals surface area (Å²) in [6.07, 6.45) is 1.26. The first-order valence-electron chi connectivity index (χ1n) is 6.25. The van der Waals surface area contributed by atoms with Gasteiger partial charge in [0.25, 0.3) is 5.91 Å². The molecule has 0 unspecified atom stereocenters. The summed E-state index contributed by atoms with van der Waals surface area (Å²) >= 11 is 3.40. The maximum atomic E-state index is 13.8. The fourth-order valence-corrected chi connectivity index (χ4v) is 2.70. The number of carbonyl (C=O) groups excluding carboxylic acids is 1. The number of hydrogen-bond donors (Lipinski definition) is 1. The van der Waals surface area contributed by atoms with E-state index in [1.165, 1.54) is 12.1 Å². The van der Waals surface area contributed by atoms with E-state index in [1.807, 2.05) is 13.0 Å². The van der Waals surface area contributed by atoms with Gasteiger partial charge in [-0.1, -0.05) is 22.0 Å². The van der Waals surface area contributed by atoms with E-state index in [0.29, 0.717) is 11.3 Å². The van der Waals surface area contributed by atoms with Crippen molar-refractivity contribution < 1.29 is 13.6 Å². The Balaban J connectivity index is 2.24. The zero-order chi connectivity index (χ0) is 15.1. The van der Waals surface area contributed by atoms with Crippen molar-refractivity contribution in [2.75, 3.05) is 5.32 Å². The minimum absolute atomic E-state index is 0.213. The molecule has 0 saturated carbocycles. The number of halogens is 3. The van der Waals surface area contributed by atoms with Crippen LogP contribution in [-0.2, 0) is 4.79 Å². The monoisotopic (exact) mass is 349 g/mol. The molecular weight excluding hydrogens is 340 g/mol. The number of rotatable bonds is 1. The Kier molecular flexibility index (Phi) is 3.37. The second kappa shape index (κ2) is 5.07. The first kappa shape index (κ1) is 13.9. The van der Waals surface area contributed by atoms with Crippen LogP contribution in [-0.4, -0.2) is 5.91 Å². The van der Waals surface area contributed by atoms with Crippen LogP contribution >= 0.6 is 15.9 Å². The van der Waals surface area contributed by atoms with Crippen molar-refractivity contribution in [2.24, 2.45) is 0 Å². The van der Waals surface area contributed by atoms with Gasteiger partial charge in [-0.25, -0.2) is 8.78 Å². The molecule has 0 spiro atoms. The van der Waals surface area contributed by atoms with E-state index in [9.17, 15) is 13.6 Å². The number of amides is 1. The van der Waals surface area contributed by atoms with Gasteiger partial charge in [-0.15, -0.1) is 0 Å². The minimum atomic E-state index is -0.698. The molecule has 1 aliphatic heterocycles. The van der Waals surface area contributed by atoms with E-state index >= 15 is 0 Å². The highest BCUT2D eigenvalue weighted by atomic mass is 79.9. The third kappa shape index (κ3) is 2.27. The molecule has 1 aliphatic rings. The number of benzene rings is 2. The van der Waals surface area contributed by atoms with Gasteiger partial charge in [-0.05, 0) is 42.8 Å². The highest BCUT2D eigenvalue weighted by molar-refractivity contribution is 9.10. The van der Waals surface area contributed by atoms with Crippen LogP contribution in [0.4, 0.5) is 14.5 Å². The summed E-state index contributed by atoms with van der Waals surface area (Å²) in [7, 11) is 0. The summed E-state index contributed by atoms with van der Waals surface area (Å²) in [5.74, 6) is -1.76. The average Bonchev–Trinajstić information content (AvgIpc) is 2.75. The molecule has 5 heteroatoms. The van der Waals surface area contributed by atoms with Crippen molar-refractivity contribution in [3.8, 4) is 0 Å². The topological polar surface area (TPSA) is 29.1 Å². The fourth-order valence-electron chi connectivity index (χ4n) is 2.37. The third-order valence-electron chi connectivity index (χ3n) is 3.45. The molecule has 3 rings (SSSR count). The van der Waals surface area contributed by atoms with Gasteiger partial charge < -0.3 is 5.32 Å². The van der Waals surface area contributed by atoms with Crippen molar-refractivity contribution >= 4 is 39.2 Å². The predicted octanol–water partition coefficient (Wildman–Crippen LogP) is 4.53. The van der Waals surface area contributed by atoms with E-state index in [4.69, 9.17) is 0 Å². The number of fused-ring (bicyclic) bond motifs is 1. The minimum Gasteiger partial charge on any atom is -0.321 e. The van der Waals surface area contributed by atoms with Crippen LogP contribution in [0.2, 0.25) is 0 Å². The molecule has 2 aromatic carbocycles. The highest BCUT2D eigenvalue weighted by Crippen LogP contribution is 2.38. The lowest BCUT2D eigenvalue weighted by Crippen LogP contribution is -2.04. The Morgan fingerprint density at radius 3 is 2.48 bits per heavy atom. The zero-order valence-electron chi connectivity index (χ0n) is 11.0. The Morgan fingerprint density at radius 2 is 1.81 bits per heavy atom. The Bertz CT molecular complexity index is 779. The molecule has 1 heterocycles. The van der Waals surface area contributed by atoms with Crippen LogP contribution in [0, 0.1) is 18.6 Å². The van der Waals surface area contributed by atoms with Crippen molar-refractivity contribution in [1.82, 2.24) is 0 Å². The van der Waals surface area contributed by atoms with Crippen LogP contribution in [0.1, 0.15) is 16.7 Å². The zero-order valence-corrected chi connectivity index (χ0v) is 12.6. The smallest absolute Gasteiger partial charge is 0.256 e. The molecule has 21 heavy (non-hydrogen) atoms. The first-order chi connectivity index (χ1) is 9.99. The van der Waals surface area contributed by atoms with Crippen LogP contribution < -0.4 is 5.32 Å². The van der Waals surface area contributed by atoms with Crippen LogP contribution in [0.3, 0.4) is 0 Å². The summed E-state index contributed by atoms with van der Waals surface area (Å²) in [5.41, 5.74) is 2.19. The number of anilines is 1. The Labute approximate surface area is 128 Å². The lowest BCUT2D eigenvalue weighted by atomic mass is 9.99. The molecule has 0 saturated heterocycles. The maximum absolute atomic E-state index is 13.8. The number of hydrogen-bond acceptors (Lipinski definition) is 1. The second-order valence-electron chi connectivity index (χ2n) is 4.74. The van der Waals surface area contributed by atoms with Gasteiger partial charge in [0, 0.05) is 21.3 Å². The molecule has 0 aromatic heterocycles. The summed E-state index contributed by atoms with van der Waals surface area (Å²) in [5, 5.41) is 2.70. The van der Waals surface area contributed by atoms with Gasteiger partial charge in [0.15, 0.2) is 0 Å². The quantitative estimate of drug-likeness (QED) is 0.753. The Hall–Kier alpha value is -2.01. The molecule has 1 amide bonds. The summed E-state index contributed by atoms with van der Waals surface area (Å²) < 4.78 is 28.4. The number of carbonyl (C=O) groups is 1. The van der Waals surface area contributed by atoms with Gasteiger partial charge in [0.2, 0.25) is 0 Å². The normalized spacial score (nSPS) is 15.2. The third-order valence-corrected chi connectivity index (χ3v) is 4.31. The molecule has 0 fully saturated rings. The van der Waals surface area contributed by atoms with Crippen LogP contribution in [0.15, 0.2) is 34.8 Å². The highest BCUT2D eigenvalue weighted by Gasteiger charge is 2.27. The van der Waals surface area contributed by atoms with Gasteiger partial charge >= 0.3 is 0 Å². The van der Waals surface area contributed by atoms with E-state index < -0.39 is 11.6 Å². The summed E-state index contributed by atoms with van der Waals surface area (Å²) in [4.78, 5) is 12.1. The largest absolute Gasteiger partial charge is 0.321 e. The van der Waals surface area contributed by atoms with E-state index in [0.717, 1.165) is 22.2 Å². The van der Waals surface area contributed by atoms with Crippen molar-refractivity contribution in [3.05, 3.63) is 63.1 Å². The molecule has 106 valence electrons. The molecular formula is C16H10BrF2NO. The lowest BCUT2D eigenvalue weighted by molar-refractivity contribution is -0.110. The fraction of sp³-hybridized carbons (Fsp3) is 0.0625. The average molecular weight is 350 g/mol. The molecule has 2 nitrogen and oxygen atoms in total. The van der Waals surface area contributed by atoms with E-state index in [1.54, 1.807) is 6.07 Å². The lowest BCUT2D eigenvalue weighted by Gasteiger charge is -2.06. The first-order valence-corrected chi connectivity index (χ1v) is 7.05. The van der Waals surface area contributed by atoms with Gasteiger partial charge in [-0.3, -0.25) is 4.79 Å². The van der Waals surface area contributed by atoms with Crippen LogP contribution in [0.25, 0.3) is 11.6 Å². The van der Waals surface area contributed by atoms with Gasteiger partial charge in [-0.2, -0.15) is 0 Å². The SMILES string of the molecule is Cc1c(Br)ccc2c1C(=Cc1c(F)cccc1F)C(=O)N2. The summed E-state index contributed by atoms with van der Waals surface area (Å²) in [6.45, 7) is 1.84. The predicted molar refractivity (Wildman–Crippen MR) is 81.7 cm³/mol.